The van der Waals surface area contributed by atoms with Crippen molar-refractivity contribution in [1.29, 1.82) is 0 Å². The van der Waals surface area contributed by atoms with Crippen LogP contribution in [0.25, 0.3) is 11.6 Å². The van der Waals surface area contributed by atoms with E-state index < -0.39 is 6.10 Å². The Morgan fingerprint density at radius 3 is 2.81 bits per heavy atom. The molecule has 16 heavy (non-hydrogen) atoms. The van der Waals surface area contributed by atoms with Crippen LogP contribution in [0.15, 0.2) is 60.2 Å². The monoisotopic (exact) mass is 208 g/mol. The molecule has 78 valence electrons. The molecule has 1 N–H and O–H groups in total. The average molecular weight is 208 g/mol. The third-order valence-corrected chi connectivity index (χ3v) is 2.98. The van der Waals surface area contributed by atoms with Gasteiger partial charge in [-0.3, -0.25) is 0 Å². The van der Waals surface area contributed by atoms with E-state index in [1.165, 1.54) is 0 Å². The van der Waals surface area contributed by atoms with Crippen LogP contribution >= 0.6 is 0 Å². The molecule has 1 unspecified atom stereocenters. The second-order valence-electron chi connectivity index (χ2n) is 3.98. The zero-order valence-corrected chi connectivity index (χ0v) is 8.80. The van der Waals surface area contributed by atoms with Gasteiger partial charge in [-0.25, -0.2) is 0 Å². The van der Waals surface area contributed by atoms with E-state index in [4.69, 9.17) is 0 Å². The second kappa shape index (κ2) is 3.62. The maximum atomic E-state index is 10.1. The van der Waals surface area contributed by atoms with Crippen LogP contribution in [-0.2, 0) is 0 Å². The Kier molecular flexibility index (Phi) is 2.12. The van der Waals surface area contributed by atoms with Gasteiger partial charge in [0.05, 0.1) is 6.10 Å². The van der Waals surface area contributed by atoms with Gasteiger partial charge in [-0.05, 0) is 21.6 Å². The third kappa shape index (κ3) is 1.37. The number of hydrogen-bond acceptors (Lipinski definition) is 1. The quantitative estimate of drug-likeness (QED) is 0.675. The van der Waals surface area contributed by atoms with Crippen molar-refractivity contribution in [2.45, 2.75) is 6.10 Å². The molecule has 2 aliphatic rings. The number of benzene rings is 1. The molecule has 1 aromatic carbocycles. The minimum absolute atomic E-state index is 0.503. The van der Waals surface area contributed by atoms with Crippen molar-refractivity contribution in [2.24, 2.45) is 0 Å². The van der Waals surface area contributed by atoms with Crippen LogP contribution in [0.4, 0.5) is 0 Å². The van der Waals surface area contributed by atoms with Crippen molar-refractivity contribution < 1.29 is 5.11 Å². The number of rotatable bonds is 0. The molecular weight excluding hydrogens is 196 g/mol. The van der Waals surface area contributed by atoms with Gasteiger partial charge in [0, 0.05) is 0 Å². The Morgan fingerprint density at radius 1 is 1.00 bits per heavy atom. The minimum Gasteiger partial charge on any atom is -0.384 e. The van der Waals surface area contributed by atoms with E-state index in [0.29, 0.717) is 0 Å². The summed E-state index contributed by atoms with van der Waals surface area (Å²) in [4.78, 5) is 0. The summed E-state index contributed by atoms with van der Waals surface area (Å²) >= 11 is 0. The van der Waals surface area contributed by atoms with Gasteiger partial charge in [-0.15, -0.1) is 0 Å². The molecule has 0 amide bonds. The van der Waals surface area contributed by atoms with Gasteiger partial charge in [0.15, 0.2) is 0 Å². The highest BCUT2D eigenvalue weighted by molar-refractivity contribution is 5.77. The van der Waals surface area contributed by atoms with Gasteiger partial charge in [-0.2, -0.15) is 0 Å². The highest BCUT2D eigenvalue weighted by Crippen LogP contribution is 2.21. The second-order valence-corrected chi connectivity index (χ2v) is 3.98. The van der Waals surface area contributed by atoms with E-state index in [9.17, 15) is 5.11 Å². The number of aliphatic hydroxyl groups excluding tert-OH is 1. The molecule has 2 aliphatic carbocycles. The molecule has 0 aliphatic heterocycles. The van der Waals surface area contributed by atoms with E-state index in [2.05, 4.69) is 18.2 Å². The standard InChI is InChI=1S/C15H12O/c16-14-10-4-8-12-7-3-6-11-5-1-2-9-13(11)15(12)14/h1-10,14,16H. The van der Waals surface area contributed by atoms with E-state index in [0.717, 1.165) is 21.6 Å². The summed E-state index contributed by atoms with van der Waals surface area (Å²) in [5.41, 5.74) is 2.10. The van der Waals surface area contributed by atoms with E-state index in [1.807, 2.05) is 42.5 Å². The highest BCUT2D eigenvalue weighted by Gasteiger charge is 2.15. The van der Waals surface area contributed by atoms with Crippen LogP contribution in [0.2, 0.25) is 0 Å². The smallest absolute Gasteiger partial charge is 0.0986 e. The normalized spacial score (nSPS) is 21.7. The summed E-state index contributed by atoms with van der Waals surface area (Å²) in [5.74, 6) is 0. The topological polar surface area (TPSA) is 20.2 Å². The molecule has 1 atom stereocenters. The largest absolute Gasteiger partial charge is 0.384 e. The maximum absolute atomic E-state index is 10.1. The molecule has 0 saturated heterocycles. The molecular formula is C15H12O. The third-order valence-electron chi connectivity index (χ3n) is 2.98. The van der Waals surface area contributed by atoms with Crippen LogP contribution in [0.3, 0.4) is 0 Å². The summed E-state index contributed by atoms with van der Waals surface area (Å²) in [7, 11) is 0. The molecule has 1 nitrogen and oxygen atoms in total. The SMILES string of the molecule is OC1C=CC=C2C=CC=c3ccccc3=C21. The van der Waals surface area contributed by atoms with Crippen molar-refractivity contribution >= 4 is 11.6 Å². The maximum Gasteiger partial charge on any atom is 0.0986 e. The summed E-state index contributed by atoms with van der Waals surface area (Å²) < 4.78 is 0. The number of fused-ring (bicyclic) bond motifs is 2. The fourth-order valence-electron chi connectivity index (χ4n) is 2.22. The fourth-order valence-corrected chi connectivity index (χ4v) is 2.22. The highest BCUT2D eigenvalue weighted by atomic mass is 16.3. The summed E-state index contributed by atoms with van der Waals surface area (Å²) in [6, 6.07) is 8.15. The zero-order valence-electron chi connectivity index (χ0n) is 8.80. The van der Waals surface area contributed by atoms with Gasteiger partial charge in [-0.1, -0.05) is 60.7 Å². The van der Waals surface area contributed by atoms with Gasteiger partial charge in [0.25, 0.3) is 0 Å². The average Bonchev–Trinajstić information content (AvgIpc) is 2.49. The van der Waals surface area contributed by atoms with Crippen molar-refractivity contribution in [3.63, 3.8) is 0 Å². The summed E-state index contributed by atoms with van der Waals surface area (Å²) in [5, 5.41) is 12.3. The van der Waals surface area contributed by atoms with Gasteiger partial charge >= 0.3 is 0 Å². The first-order chi connectivity index (χ1) is 7.86. The van der Waals surface area contributed by atoms with Crippen LogP contribution in [-0.4, -0.2) is 11.2 Å². The Hall–Kier alpha value is -1.86. The molecule has 0 spiro atoms. The lowest BCUT2D eigenvalue weighted by atomic mass is 9.93. The van der Waals surface area contributed by atoms with Crippen LogP contribution in [0.1, 0.15) is 0 Å². The first kappa shape index (κ1) is 9.37. The summed E-state index contributed by atoms with van der Waals surface area (Å²) in [6.07, 6.45) is 11.4. The lowest BCUT2D eigenvalue weighted by Crippen LogP contribution is -2.30. The number of allylic oxidation sites excluding steroid dienone is 4. The fraction of sp³-hybridized carbons (Fsp3) is 0.0667. The van der Waals surface area contributed by atoms with E-state index in [-0.39, 0.29) is 0 Å². The number of aliphatic hydroxyl groups is 1. The molecule has 0 radical (unpaired) electrons. The molecule has 0 aromatic heterocycles. The van der Waals surface area contributed by atoms with Crippen molar-refractivity contribution in [2.75, 3.05) is 0 Å². The Morgan fingerprint density at radius 2 is 1.88 bits per heavy atom. The van der Waals surface area contributed by atoms with Gasteiger partial charge in [0.2, 0.25) is 0 Å². The molecule has 1 heteroatoms. The van der Waals surface area contributed by atoms with Gasteiger partial charge < -0.3 is 5.11 Å². The van der Waals surface area contributed by atoms with Gasteiger partial charge in [0.1, 0.15) is 0 Å². The lowest BCUT2D eigenvalue weighted by molar-refractivity contribution is 0.279. The van der Waals surface area contributed by atoms with Crippen LogP contribution in [0.5, 0.6) is 0 Å². The van der Waals surface area contributed by atoms with E-state index in [1.54, 1.807) is 0 Å². The Balaban J connectivity index is 2.46. The predicted octanol–water partition coefficient (Wildman–Crippen LogP) is 1.04. The van der Waals surface area contributed by atoms with Crippen molar-refractivity contribution in [3.05, 3.63) is 70.7 Å². The molecule has 0 bridgehead atoms. The first-order valence-corrected chi connectivity index (χ1v) is 5.41. The van der Waals surface area contributed by atoms with E-state index >= 15 is 0 Å². The van der Waals surface area contributed by atoms with Crippen molar-refractivity contribution in [1.82, 2.24) is 0 Å². The van der Waals surface area contributed by atoms with Crippen LogP contribution in [0, 0.1) is 0 Å². The lowest BCUT2D eigenvalue weighted by Gasteiger charge is -2.16. The Labute approximate surface area is 94.1 Å². The van der Waals surface area contributed by atoms with Crippen molar-refractivity contribution in [3.8, 4) is 0 Å². The molecule has 1 aromatic rings. The first-order valence-electron chi connectivity index (χ1n) is 5.41. The Bertz CT molecular complexity index is 630. The molecule has 0 saturated carbocycles. The predicted molar refractivity (Wildman–Crippen MR) is 65.9 cm³/mol. The van der Waals surface area contributed by atoms with Crippen LogP contribution < -0.4 is 10.4 Å². The molecule has 0 fully saturated rings. The molecule has 3 rings (SSSR count). The minimum atomic E-state index is -0.503. The summed E-state index contributed by atoms with van der Waals surface area (Å²) in [6.45, 7) is 0. The number of hydrogen-bond donors (Lipinski definition) is 1. The zero-order chi connectivity index (χ0) is 11.0. The molecule has 0 heterocycles.